The van der Waals surface area contributed by atoms with E-state index in [1.165, 1.54) is 58.7 Å². The molecule has 0 saturated carbocycles. The summed E-state index contributed by atoms with van der Waals surface area (Å²) in [5.74, 6) is -0.0625. The fourth-order valence-electron chi connectivity index (χ4n) is 4.50. The van der Waals surface area contributed by atoms with Crippen LogP contribution in [0.3, 0.4) is 0 Å². The number of hydrogen-bond acceptors (Lipinski definition) is 3. The zero-order chi connectivity index (χ0) is 24.4. The Morgan fingerprint density at radius 1 is 0.778 bits per heavy atom. The minimum atomic E-state index is -0.125. The van der Waals surface area contributed by atoms with Crippen molar-refractivity contribution in [3.63, 3.8) is 0 Å². The summed E-state index contributed by atoms with van der Waals surface area (Å²) in [4.78, 5) is 15.0. The largest absolute Gasteiger partial charge is 0.512 e. The smallest absolute Gasteiger partial charge is 0.155 e. The second kappa shape index (κ2) is 10.8. The van der Waals surface area contributed by atoms with Crippen molar-refractivity contribution in [3.8, 4) is 44.6 Å². The third-order valence-electron chi connectivity index (χ3n) is 5.95. The van der Waals surface area contributed by atoms with Gasteiger partial charge in [-0.25, -0.2) is 0 Å². The molecule has 4 aromatic carbocycles. The Kier molecular flexibility index (Phi) is 7.59. The summed E-state index contributed by atoms with van der Waals surface area (Å²) in [6, 6.07) is 37.4. The minimum absolute atomic E-state index is 0. The number of benzene rings is 4. The maximum atomic E-state index is 10.0. The molecule has 36 heavy (non-hydrogen) atoms. The van der Waals surface area contributed by atoms with Crippen molar-refractivity contribution >= 4 is 16.7 Å². The van der Waals surface area contributed by atoms with Gasteiger partial charge in [-0.2, -0.15) is 0 Å². The molecule has 0 unspecified atom stereocenters. The summed E-state index contributed by atoms with van der Waals surface area (Å²) in [5, 5.41) is 9.62. The number of carbonyl (C=O) groups is 1. The molecule has 4 heteroatoms. The number of carbonyl (C=O) groups excluding carboxylic acids is 1. The Labute approximate surface area is 224 Å². The molecule has 0 fully saturated rings. The molecule has 6 rings (SSSR count). The maximum Gasteiger partial charge on any atom is 0.155 e. The number of rotatable bonds is 3. The number of ketones is 1. The topological polar surface area (TPSA) is 50.2 Å². The molecule has 1 aliphatic carbocycles. The maximum absolute atomic E-state index is 10.0. The quantitative estimate of drug-likeness (QED) is 0.120. The van der Waals surface area contributed by atoms with Crippen LogP contribution in [0.25, 0.3) is 55.5 Å². The van der Waals surface area contributed by atoms with Gasteiger partial charge in [0, 0.05) is 31.6 Å². The van der Waals surface area contributed by atoms with E-state index >= 15 is 0 Å². The van der Waals surface area contributed by atoms with E-state index in [1.807, 2.05) is 6.07 Å². The van der Waals surface area contributed by atoms with Crippen LogP contribution in [0.4, 0.5) is 0 Å². The summed E-state index contributed by atoms with van der Waals surface area (Å²) in [6.45, 7) is 2.85. The van der Waals surface area contributed by atoms with Crippen molar-refractivity contribution < 1.29 is 30.0 Å². The van der Waals surface area contributed by atoms with Gasteiger partial charge in [0.25, 0.3) is 0 Å². The van der Waals surface area contributed by atoms with Crippen LogP contribution in [0, 0.1) is 6.07 Å². The molecule has 0 saturated heterocycles. The molecule has 1 aliphatic rings. The number of hydrogen-bond donors (Lipinski definition) is 1. The second-order valence-electron chi connectivity index (χ2n) is 8.55. The predicted octanol–water partition coefficient (Wildman–Crippen LogP) is 8.05. The summed E-state index contributed by atoms with van der Waals surface area (Å²) >= 11 is 0. The van der Waals surface area contributed by atoms with E-state index in [0.717, 1.165) is 16.8 Å². The molecular weight excluding hydrogens is 623 g/mol. The summed E-state index contributed by atoms with van der Waals surface area (Å²) < 4.78 is 0. The van der Waals surface area contributed by atoms with E-state index in [4.69, 9.17) is 10.1 Å². The molecule has 1 aromatic heterocycles. The van der Waals surface area contributed by atoms with Crippen LogP contribution in [0.5, 0.6) is 0 Å². The Morgan fingerprint density at radius 2 is 1.44 bits per heavy atom. The van der Waals surface area contributed by atoms with E-state index in [0.29, 0.717) is 0 Å². The average Bonchev–Trinajstić information content (AvgIpc) is 3.20. The van der Waals surface area contributed by atoms with Crippen molar-refractivity contribution in [2.45, 2.75) is 13.8 Å². The molecule has 0 bridgehead atoms. The van der Waals surface area contributed by atoms with Crippen molar-refractivity contribution in [1.82, 2.24) is 4.98 Å². The molecule has 0 amide bonds. The number of aromatic nitrogens is 1. The van der Waals surface area contributed by atoms with Gasteiger partial charge in [0.15, 0.2) is 5.78 Å². The normalized spacial score (nSPS) is 11.2. The van der Waals surface area contributed by atoms with Crippen LogP contribution < -0.4 is 0 Å². The number of allylic oxidation sites excluding steroid dienone is 2. The third-order valence-corrected chi connectivity index (χ3v) is 5.95. The van der Waals surface area contributed by atoms with Gasteiger partial charge in [-0.05, 0) is 47.9 Å². The van der Waals surface area contributed by atoms with Crippen LogP contribution in [0.15, 0.2) is 109 Å². The Balaban J connectivity index is 0.000000338. The van der Waals surface area contributed by atoms with E-state index < -0.39 is 0 Å². The van der Waals surface area contributed by atoms with Crippen LogP contribution in [0.2, 0.25) is 0 Å². The predicted molar refractivity (Wildman–Crippen MR) is 143 cm³/mol. The van der Waals surface area contributed by atoms with E-state index in [2.05, 4.69) is 97.1 Å². The van der Waals surface area contributed by atoms with Gasteiger partial charge < -0.3 is 5.11 Å². The molecular formula is C32H24IrNO2-. The summed E-state index contributed by atoms with van der Waals surface area (Å²) in [6.07, 6.45) is 1.17. The molecule has 5 aromatic rings. The van der Waals surface area contributed by atoms with Crippen molar-refractivity contribution in [2.75, 3.05) is 0 Å². The molecule has 0 aliphatic heterocycles. The fourth-order valence-corrected chi connectivity index (χ4v) is 4.50. The Morgan fingerprint density at radius 3 is 2.06 bits per heavy atom. The molecule has 0 atom stereocenters. The summed E-state index contributed by atoms with van der Waals surface area (Å²) in [7, 11) is 0. The van der Waals surface area contributed by atoms with E-state index in [1.54, 1.807) is 0 Å². The first-order chi connectivity index (χ1) is 17.0. The van der Waals surface area contributed by atoms with Crippen LogP contribution in [0.1, 0.15) is 13.8 Å². The third kappa shape index (κ3) is 5.06. The van der Waals surface area contributed by atoms with Crippen LogP contribution in [-0.4, -0.2) is 15.9 Å². The summed E-state index contributed by atoms with van der Waals surface area (Å²) in [5.41, 5.74) is 10.5. The SMILES string of the molecule is CC(=O)/C=C(/C)O.[Ir].[c-]1cc(-c2ccccc2)ccc1-c1cc2c3c(cccc3n1)-c1ccccc1-2. The zero-order valence-corrected chi connectivity index (χ0v) is 22.3. The van der Waals surface area contributed by atoms with Gasteiger partial charge in [-0.15, -0.1) is 29.8 Å². The number of pyridine rings is 1. The standard InChI is InChI=1S/C27H16N.C5H8O2.Ir/c1-2-7-18(8-3-1)19-13-15-20(16-14-19)26-17-24-22-10-5-4-9-21(22)23-11-6-12-25(28-26)27(23)24;1-4(6)3-5(2)7;/h1-15,17H;3,6H,1-2H3;/q-1;;/b;4-3-;. The second-order valence-corrected chi connectivity index (χ2v) is 8.55. The fraction of sp³-hybridized carbons (Fsp3) is 0.0625. The first-order valence-corrected chi connectivity index (χ1v) is 11.5. The zero-order valence-electron chi connectivity index (χ0n) is 20.0. The monoisotopic (exact) mass is 647 g/mol. The van der Waals surface area contributed by atoms with Gasteiger partial charge in [-0.1, -0.05) is 83.9 Å². The van der Waals surface area contributed by atoms with Crippen molar-refractivity contribution in [3.05, 3.63) is 115 Å². The molecule has 0 spiro atoms. The first kappa shape index (κ1) is 25.2. The van der Waals surface area contributed by atoms with Crippen molar-refractivity contribution in [1.29, 1.82) is 0 Å². The molecule has 179 valence electrons. The molecule has 3 nitrogen and oxygen atoms in total. The van der Waals surface area contributed by atoms with Crippen LogP contribution in [-0.2, 0) is 24.9 Å². The average molecular weight is 647 g/mol. The van der Waals surface area contributed by atoms with Gasteiger partial charge in [0.2, 0.25) is 0 Å². The molecule has 1 heterocycles. The first-order valence-electron chi connectivity index (χ1n) is 11.5. The van der Waals surface area contributed by atoms with E-state index in [-0.39, 0.29) is 31.6 Å². The van der Waals surface area contributed by atoms with Gasteiger partial charge in [0.1, 0.15) is 0 Å². The molecule has 1 radical (unpaired) electrons. The van der Waals surface area contributed by atoms with Gasteiger partial charge in [0.05, 0.1) is 11.3 Å². The minimum Gasteiger partial charge on any atom is -0.512 e. The molecule has 1 N–H and O–H groups in total. The number of aliphatic hydroxyl groups is 1. The van der Waals surface area contributed by atoms with E-state index in [9.17, 15) is 4.79 Å². The Hall–Kier alpha value is -3.85. The van der Waals surface area contributed by atoms with Gasteiger partial charge >= 0.3 is 0 Å². The number of fused-ring (bicyclic) bond motifs is 3. The van der Waals surface area contributed by atoms with Crippen LogP contribution >= 0.6 is 0 Å². The van der Waals surface area contributed by atoms with Gasteiger partial charge in [-0.3, -0.25) is 9.78 Å². The number of aliphatic hydroxyl groups excluding tert-OH is 1. The number of nitrogens with zero attached hydrogens (tertiary/aromatic N) is 1. The Bertz CT molecular complexity index is 1570. The van der Waals surface area contributed by atoms with Crippen molar-refractivity contribution in [2.24, 2.45) is 0 Å².